The predicted molar refractivity (Wildman–Crippen MR) is 38.5 cm³/mol. The minimum atomic E-state index is 0.355. The molecule has 0 aliphatic carbocycles. The Hall–Kier alpha value is -1.18. The Morgan fingerprint density at radius 3 is 2.67 bits per heavy atom. The van der Waals surface area contributed by atoms with Crippen molar-refractivity contribution in [3.63, 3.8) is 0 Å². The van der Waals surface area contributed by atoms with Crippen molar-refractivity contribution in [2.75, 3.05) is 0 Å². The largest absolute Gasteiger partial charge is 0.296 e. The highest BCUT2D eigenvalue weighted by Crippen LogP contribution is 1.89. The molecule has 0 saturated carbocycles. The van der Waals surface area contributed by atoms with Crippen molar-refractivity contribution in [2.24, 2.45) is 4.99 Å². The van der Waals surface area contributed by atoms with Gasteiger partial charge in [-0.2, -0.15) is 0 Å². The summed E-state index contributed by atoms with van der Waals surface area (Å²) >= 11 is 0. The number of nitrogens with zero attached hydrogens (tertiary/aromatic N) is 1. The van der Waals surface area contributed by atoms with Crippen molar-refractivity contribution >= 4 is 13.0 Å². The molecule has 2 nitrogen and oxygen atoms in total. The van der Waals surface area contributed by atoms with E-state index in [2.05, 4.69) is 11.7 Å². The van der Waals surface area contributed by atoms with Gasteiger partial charge in [-0.25, -0.2) is 0 Å². The average Bonchev–Trinajstić information content (AvgIpc) is 1.91. The molecule has 0 aliphatic rings. The van der Waals surface area contributed by atoms with Gasteiger partial charge in [0.25, 0.3) is 0 Å². The molecule has 2 heteroatoms. The first-order valence-electron chi connectivity index (χ1n) is 2.60. The lowest BCUT2D eigenvalue weighted by atomic mass is 10.4. The van der Waals surface area contributed by atoms with Gasteiger partial charge >= 0.3 is 0 Å². The van der Waals surface area contributed by atoms with Gasteiger partial charge < -0.3 is 0 Å². The zero-order valence-corrected chi connectivity index (χ0v) is 5.37. The summed E-state index contributed by atoms with van der Waals surface area (Å²) in [5, 5.41) is 0. The highest BCUT2D eigenvalue weighted by molar-refractivity contribution is 5.74. The third-order valence-electron chi connectivity index (χ3n) is 0.763. The van der Waals surface area contributed by atoms with Crippen LogP contribution in [0, 0.1) is 0 Å². The summed E-state index contributed by atoms with van der Waals surface area (Å²) in [6.07, 6.45) is 5.81. The molecular formula is C7H9NO. The van der Waals surface area contributed by atoms with Crippen molar-refractivity contribution in [1.82, 2.24) is 0 Å². The van der Waals surface area contributed by atoms with Crippen LogP contribution < -0.4 is 0 Å². The highest BCUT2D eigenvalue weighted by Gasteiger charge is 1.81. The van der Waals surface area contributed by atoms with Crippen molar-refractivity contribution in [3.8, 4) is 0 Å². The van der Waals surface area contributed by atoms with Gasteiger partial charge in [-0.1, -0.05) is 12.2 Å². The van der Waals surface area contributed by atoms with Crippen molar-refractivity contribution < 1.29 is 4.79 Å². The first-order valence-corrected chi connectivity index (χ1v) is 2.60. The van der Waals surface area contributed by atoms with Gasteiger partial charge in [0, 0.05) is 0 Å². The third kappa shape index (κ3) is 3.41. The molecule has 0 aromatic heterocycles. The molecule has 0 rings (SSSR count). The van der Waals surface area contributed by atoms with Crippen molar-refractivity contribution in [1.29, 1.82) is 0 Å². The first kappa shape index (κ1) is 7.82. The molecule has 0 amide bonds. The summed E-state index contributed by atoms with van der Waals surface area (Å²) < 4.78 is 0. The van der Waals surface area contributed by atoms with Crippen molar-refractivity contribution in [3.05, 3.63) is 23.9 Å². The smallest absolute Gasteiger partial charge is 0.168 e. The van der Waals surface area contributed by atoms with Gasteiger partial charge in [-0.05, 0) is 19.7 Å². The minimum absolute atomic E-state index is 0.355. The second-order valence-electron chi connectivity index (χ2n) is 1.39. The maximum atomic E-state index is 10.0. The Balaban J connectivity index is 4.06. The number of carbonyl (C=O) groups is 1. The molecule has 0 aliphatic heterocycles. The van der Waals surface area contributed by atoms with Crippen LogP contribution in [0.15, 0.2) is 28.9 Å². The number of allylic oxidation sites excluding steroid dienone is 4. The number of hydrogen-bond acceptors (Lipinski definition) is 2. The SMILES string of the molecule is C=N/C(C=O)=C\C=C/C. The van der Waals surface area contributed by atoms with Gasteiger partial charge in [0.2, 0.25) is 0 Å². The van der Waals surface area contributed by atoms with Crippen LogP contribution in [0.3, 0.4) is 0 Å². The average molecular weight is 123 g/mol. The maximum Gasteiger partial charge on any atom is 0.168 e. The van der Waals surface area contributed by atoms with E-state index in [1.54, 1.807) is 12.2 Å². The predicted octanol–water partition coefficient (Wildman–Crippen LogP) is 1.35. The Morgan fingerprint density at radius 1 is 1.67 bits per heavy atom. The van der Waals surface area contributed by atoms with E-state index in [-0.39, 0.29) is 0 Å². The van der Waals surface area contributed by atoms with Crippen LogP contribution in [0.25, 0.3) is 0 Å². The van der Waals surface area contributed by atoms with E-state index >= 15 is 0 Å². The zero-order chi connectivity index (χ0) is 7.11. The van der Waals surface area contributed by atoms with E-state index in [1.165, 1.54) is 0 Å². The molecule has 0 bridgehead atoms. The summed E-state index contributed by atoms with van der Waals surface area (Å²) in [6, 6.07) is 0. The van der Waals surface area contributed by atoms with Crippen LogP contribution in [0.5, 0.6) is 0 Å². The van der Waals surface area contributed by atoms with E-state index in [9.17, 15) is 4.79 Å². The molecule has 0 radical (unpaired) electrons. The molecule has 0 aromatic carbocycles. The Morgan fingerprint density at radius 2 is 2.33 bits per heavy atom. The fourth-order valence-corrected chi connectivity index (χ4v) is 0.324. The molecule has 0 unspecified atom stereocenters. The summed E-state index contributed by atoms with van der Waals surface area (Å²) in [5.41, 5.74) is 0.355. The maximum absolute atomic E-state index is 10.0. The number of rotatable bonds is 3. The molecule has 0 atom stereocenters. The van der Waals surface area contributed by atoms with Crippen LogP contribution in [-0.4, -0.2) is 13.0 Å². The zero-order valence-electron chi connectivity index (χ0n) is 5.37. The molecule has 0 N–H and O–H groups in total. The van der Waals surface area contributed by atoms with Crippen LogP contribution in [0.1, 0.15) is 6.92 Å². The quantitative estimate of drug-likeness (QED) is 0.241. The molecule has 0 fully saturated rings. The number of aldehydes is 1. The summed E-state index contributed by atoms with van der Waals surface area (Å²) in [6.45, 7) is 5.06. The molecule has 48 valence electrons. The van der Waals surface area contributed by atoms with Gasteiger partial charge in [-0.3, -0.25) is 9.79 Å². The molecular weight excluding hydrogens is 114 g/mol. The van der Waals surface area contributed by atoms with E-state index in [0.717, 1.165) is 0 Å². The summed E-state index contributed by atoms with van der Waals surface area (Å²) in [5.74, 6) is 0. The van der Waals surface area contributed by atoms with Gasteiger partial charge in [-0.15, -0.1) is 0 Å². The van der Waals surface area contributed by atoms with E-state index in [1.807, 2.05) is 13.0 Å². The standard InChI is InChI=1S/C7H9NO/c1-3-4-5-7(6-9)8-2/h3-6H,2H2,1H3/b4-3-,7-5-. The molecule has 0 saturated heterocycles. The molecule has 0 aromatic rings. The van der Waals surface area contributed by atoms with Crippen LogP contribution in [0.4, 0.5) is 0 Å². The second-order valence-corrected chi connectivity index (χ2v) is 1.39. The van der Waals surface area contributed by atoms with Gasteiger partial charge in [0.15, 0.2) is 6.29 Å². The second kappa shape index (κ2) is 4.97. The van der Waals surface area contributed by atoms with Crippen LogP contribution in [-0.2, 0) is 4.79 Å². The lowest BCUT2D eigenvalue weighted by Crippen LogP contribution is -1.74. The lowest BCUT2D eigenvalue weighted by molar-refractivity contribution is -0.104. The van der Waals surface area contributed by atoms with Crippen LogP contribution in [0.2, 0.25) is 0 Å². The summed E-state index contributed by atoms with van der Waals surface area (Å²) in [7, 11) is 0. The van der Waals surface area contributed by atoms with Crippen LogP contribution >= 0.6 is 0 Å². The van der Waals surface area contributed by atoms with E-state index < -0.39 is 0 Å². The number of aliphatic imine (C=N–C) groups is 1. The third-order valence-corrected chi connectivity index (χ3v) is 0.763. The van der Waals surface area contributed by atoms with E-state index in [4.69, 9.17) is 0 Å². The number of hydrogen-bond donors (Lipinski definition) is 0. The van der Waals surface area contributed by atoms with Gasteiger partial charge in [0.05, 0.1) is 0 Å². The summed E-state index contributed by atoms with van der Waals surface area (Å²) in [4.78, 5) is 13.4. The minimum Gasteiger partial charge on any atom is -0.296 e. The lowest BCUT2D eigenvalue weighted by Gasteiger charge is -1.80. The highest BCUT2D eigenvalue weighted by atomic mass is 16.1. The normalized spacial score (nSPS) is 11.9. The fraction of sp³-hybridized carbons (Fsp3) is 0.143. The van der Waals surface area contributed by atoms with E-state index in [0.29, 0.717) is 12.0 Å². The Kier molecular flexibility index (Phi) is 4.32. The topological polar surface area (TPSA) is 29.4 Å². The number of carbonyl (C=O) groups excluding carboxylic acids is 1. The molecule has 0 heterocycles. The first-order chi connectivity index (χ1) is 4.35. The van der Waals surface area contributed by atoms with Crippen molar-refractivity contribution in [2.45, 2.75) is 6.92 Å². The fourth-order valence-electron chi connectivity index (χ4n) is 0.324. The molecule has 9 heavy (non-hydrogen) atoms. The van der Waals surface area contributed by atoms with Gasteiger partial charge in [0.1, 0.15) is 5.70 Å². The molecule has 0 spiro atoms. The Labute approximate surface area is 54.6 Å². The monoisotopic (exact) mass is 123 g/mol. The Bertz CT molecular complexity index is 146.